The topological polar surface area (TPSA) is 81.3 Å². The number of ether oxygens (including phenoxy) is 2. The third-order valence-electron chi connectivity index (χ3n) is 1.10. The number of carbonyl (C=O) groups excluding carboxylic acids is 2. The van der Waals surface area contributed by atoms with Crippen molar-refractivity contribution in [3.8, 4) is 5.75 Å². The molecular formula is C7H8N2O4. The number of carbonyl (C=O) groups is 2. The predicted molar refractivity (Wildman–Crippen MR) is 40.9 cm³/mol. The zero-order valence-electron chi connectivity index (χ0n) is 6.94. The van der Waals surface area contributed by atoms with Gasteiger partial charge in [-0.2, -0.15) is 5.10 Å². The van der Waals surface area contributed by atoms with E-state index in [9.17, 15) is 9.59 Å². The SMILES string of the molecule is CC(=O)OCC(=O)Oc1cn[nH]c1. The maximum atomic E-state index is 10.9. The number of aromatic nitrogens is 2. The fraction of sp³-hybridized carbons (Fsp3) is 0.286. The molecule has 0 spiro atoms. The predicted octanol–water partition coefficient (Wildman–Crippen LogP) is -0.122. The summed E-state index contributed by atoms with van der Waals surface area (Å²) in [4.78, 5) is 21.2. The van der Waals surface area contributed by atoms with Crippen molar-refractivity contribution in [2.75, 3.05) is 6.61 Å². The average molecular weight is 184 g/mol. The lowest BCUT2D eigenvalue weighted by atomic mass is 10.6. The van der Waals surface area contributed by atoms with E-state index in [0.29, 0.717) is 0 Å². The van der Waals surface area contributed by atoms with Gasteiger partial charge < -0.3 is 9.47 Å². The third-order valence-corrected chi connectivity index (χ3v) is 1.10. The molecule has 0 bridgehead atoms. The first-order chi connectivity index (χ1) is 6.18. The molecule has 0 aromatic carbocycles. The van der Waals surface area contributed by atoms with Crippen LogP contribution in [0.4, 0.5) is 0 Å². The lowest BCUT2D eigenvalue weighted by Crippen LogP contribution is -2.17. The van der Waals surface area contributed by atoms with Crippen LogP contribution >= 0.6 is 0 Å². The van der Waals surface area contributed by atoms with Crippen LogP contribution in [0.1, 0.15) is 6.92 Å². The molecule has 0 radical (unpaired) electrons. The van der Waals surface area contributed by atoms with Gasteiger partial charge in [0.2, 0.25) is 0 Å². The van der Waals surface area contributed by atoms with E-state index in [-0.39, 0.29) is 12.4 Å². The molecule has 0 aliphatic rings. The normalized spacial score (nSPS) is 9.31. The number of hydrogen-bond donors (Lipinski definition) is 1. The minimum absolute atomic E-state index is 0.289. The molecule has 1 rings (SSSR count). The number of nitrogens with one attached hydrogen (secondary N) is 1. The standard InChI is InChI=1S/C7H8N2O4/c1-5(10)12-4-7(11)13-6-2-8-9-3-6/h2-3H,4H2,1H3,(H,8,9). The molecule has 6 heteroatoms. The Morgan fingerprint density at radius 1 is 1.62 bits per heavy atom. The van der Waals surface area contributed by atoms with Gasteiger partial charge in [0.25, 0.3) is 0 Å². The Morgan fingerprint density at radius 3 is 2.92 bits per heavy atom. The maximum Gasteiger partial charge on any atom is 0.349 e. The average Bonchev–Trinajstić information content (AvgIpc) is 2.53. The van der Waals surface area contributed by atoms with E-state index in [1.54, 1.807) is 0 Å². The van der Waals surface area contributed by atoms with Crippen molar-refractivity contribution in [2.24, 2.45) is 0 Å². The van der Waals surface area contributed by atoms with E-state index >= 15 is 0 Å². The second-order valence-electron chi connectivity index (χ2n) is 2.19. The molecule has 1 heterocycles. The van der Waals surface area contributed by atoms with Crippen LogP contribution in [0, 0.1) is 0 Å². The molecule has 0 unspecified atom stereocenters. The van der Waals surface area contributed by atoms with E-state index in [1.807, 2.05) is 0 Å². The monoisotopic (exact) mass is 184 g/mol. The highest BCUT2D eigenvalue weighted by Crippen LogP contribution is 2.04. The second-order valence-corrected chi connectivity index (χ2v) is 2.19. The fourth-order valence-electron chi connectivity index (χ4n) is 0.616. The second kappa shape index (κ2) is 4.24. The summed E-state index contributed by atoms with van der Waals surface area (Å²) < 4.78 is 9.10. The molecule has 1 N–H and O–H groups in total. The van der Waals surface area contributed by atoms with Crippen LogP contribution in [0.3, 0.4) is 0 Å². The Balaban J connectivity index is 2.30. The van der Waals surface area contributed by atoms with E-state index in [1.165, 1.54) is 19.3 Å². The number of H-pyrrole nitrogens is 1. The van der Waals surface area contributed by atoms with Crippen molar-refractivity contribution in [2.45, 2.75) is 6.92 Å². The van der Waals surface area contributed by atoms with Gasteiger partial charge >= 0.3 is 11.9 Å². The highest BCUT2D eigenvalue weighted by molar-refractivity contribution is 5.76. The molecule has 0 amide bonds. The largest absolute Gasteiger partial charge is 0.454 e. The maximum absolute atomic E-state index is 10.9. The number of hydrogen-bond acceptors (Lipinski definition) is 5. The van der Waals surface area contributed by atoms with Crippen molar-refractivity contribution in [3.63, 3.8) is 0 Å². The van der Waals surface area contributed by atoms with Gasteiger partial charge in [-0.15, -0.1) is 0 Å². The number of rotatable bonds is 3. The Morgan fingerprint density at radius 2 is 2.38 bits per heavy atom. The number of nitrogens with zero attached hydrogens (tertiary/aromatic N) is 1. The molecule has 6 nitrogen and oxygen atoms in total. The van der Waals surface area contributed by atoms with Crippen LogP contribution in [0.25, 0.3) is 0 Å². The molecule has 0 atom stereocenters. The summed E-state index contributed by atoms with van der Waals surface area (Å²) >= 11 is 0. The summed E-state index contributed by atoms with van der Waals surface area (Å²) in [5.41, 5.74) is 0. The van der Waals surface area contributed by atoms with Crippen LogP contribution in [0.5, 0.6) is 5.75 Å². The van der Waals surface area contributed by atoms with E-state index < -0.39 is 11.9 Å². The highest BCUT2D eigenvalue weighted by Gasteiger charge is 2.06. The summed E-state index contributed by atoms with van der Waals surface area (Å²) in [7, 11) is 0. The van der Waals surface area contributed by atoms with Gasteiger partial charge in [-0.05, 0) is 0 Å². The summed E-state index contributed by atoms with van der Waals surface area (Å²) in [6, 6.07) is 0. The lowest BCUT2D eigenvalue weighted by molar-refractivity contribution is -0.152. The minimum atomic E-state index is -0.642. The molecule has 0 saturated heterocycles. The van der Waals surface area contributed by atoms with Gasteiger partial charge in [0.15, 0.2) is 12.4 Å². The smallest absolute Gasteiger partial charge is 0.349 e. The van der Waals surface area contributed by atoms with E-state index in [4.69, 9.17) is 4.74 Å². The molecule has 0 aliphatic carbocycles. The summed E-state index contributed by atoms with van der Waals surface area (Å²) in [5.74, 6) is -0.877. The zero-order valence-corrected chi connectivity index (χ0v) is 6.94. The van der Waals surface area contributed by atoms with Crippen LogP contribution in [0.15, 0.2) is 12.4 Å². The first-order valence-electron chi connectivity index (χ1n) is 3.51. The van der Waals surface area contributed by atoms with Crippen LogP contribution < -0.4 is 4.74 Å². The van der Waals surface area contributed by atoms with Gasteiger partial charge in [0, 0.05) is 6.92 Å². The van der Waals surface area contributed by atoms with Crippen molar-refractivity contribution < 1.29 is 19.1 Å². The van der Waals surface area contributed by atoms with Crippen molar-refractivity contribution in [1.29, 1.82) is 0 Å². The molecule has 70 valence electrons. The quantitative estimate of drug-likeness (QED) is 0.662. The highest BCUT2D eigenvalue weighted by atomic mass is 16.6. The molecule has 1 aromatic heterocycles. The number of esters is 2. The van der Waals surface area contributed by atoms with Gasteiger partial charge in [-0.25, -0.2) is 4.79 Å². The Labute approximate surface area is 73.8 Å². The van der Waals surface area contributed by atoms with Crippen LogP contribution in [-0.2, 0) is 14.3 Å². The van der Waals surface area contributed by atoms with E-state index in [2.05, 4.69) is 14.9 Å². The molecule has 0 saturated carbocycles. The van der Waals surface area contributed by atoms with Crippen molar-refractivity contribution in [1.82, 2.24) is 10.2 Å². The Hall–Kier alpha value is -1.85. The number of aromatic amines is 1. The van der Waals surface area contributed by atoms with Gasteiger partial charge in [0.1, 0.15) is 0 Å². The van der Waals surface area contributed by atoms with Gasteiger partial charge in [-0.1, -0.05) is 0 Å². The van der Waals surface area contributed by atoms with Crippen molar-refractivity contribution in [3.05, 3.63) is 12.4 Å². The van der Waals surface area contributed by atoms with E-state index in [0.717, 1.165) is 0 Å². The first-order valence-corrected chi connectivity index (χ1v) is 3.51. The van der Waals surface area contributed by atoms with Gasteiger partial charge in [0.05, 0.1) is 12.4 Å². The molecule has 0 aliphatic heterocycles. The Bertz CT molecular complexity index is 293. The fourth-order valence-corrected chi connectivity index (χ4v) is 0.616. The van der Waals surface area contributed by atoms with Crippen LogP contribution in [-0.4, -0.2) is 28.7 Å². The molecule has 13 heavy (non-hydrogen) atoms. The summed E-state index contributed by atoms with van der Waals surface area (Å²) in [5, 5.41) is 6.03. The Kier molecular flexibility index (Phi) is 3.02. The van der Waals surface area contributed by atoms with Gasteiger partial charge in [-0.3, -0.25) is 9.89 Å². The molecular weight excluding hydrogens is 176 g/mol. The molecule has 1 aromatic rings. The zero-order chi connectivity index (χ0) is 9.68. The summed E-state index contributed by atoms with van der Waals surface area (Å²) in [6.07, 6.45) is 2.75. The summed E-state index contributed by atoms with van der Waals surface area (Å²) in [6.45, 7) is 0.825. The molecule has 0 fully saturated rings. The first kappa shape index (κ1) is 9.24. The lowest BCUT2D eigenvalue weighted by Gasteiger charge is -2.00. The van der Waals surface area contributed by atoms with Crippen LogP contribution in [0.2, 0.25) is 0 Å². The minimum Gasteiger partial charge on any atom is -0.454 e. The van der Waals surface area contributed by atoms with Crippen molar-refractivity contribution >= 4 is 11.9 Å². The third kappa shape index (κ3) is 3.37.